The van der Waals surface area contributed by atoms with E-state index >= 15 is 0 Å². The Bertz CT molecular complexity index is 726. The van der Waals surface area contributed by atoms with Gasteiger partial charge in [0.25, 0.3) is 11.8 Å². The van der Waals surface area contributed by atoms with Gasteiger partial charge >= 0.3 is 0 Å². The number of halogens is 1. The lowest BCUT2D eigenvalue weighted by Gasteiger charge is -2.37. The molecule has 1 saturated heterocycles. The van der Waals surface area contributed by atoms with Crippen LogP contribution in [0.5, 0.6) is 5.75 Å². The second kappa shape index (κ2) is 5.30. The van der Waals surface area contributed by atoms with Crippen LogP contribution in [0, 0.1) is 23.7 Å². The summed E-state index contributed by atoms with van der Waals surface area (Å²) in [6, 6.07) is 4.92. The van der Waals surface area contributed by atoms with Gasteiger partial charge in [-0.05, 0) is 42.9 Å². The first-order valence-electron chi connectivity index (χ1n) is 7.65. The summed E-state index contributed by atoms with van der Waals surface area (Å²) in [7, 11) is 0. The van der Waals surface area contributed by atoms with Crippen molar-refractivity contribution < 1.29 is 14.7 Å². The van der Waals surface area contributed by atoms with Crippen molar-refractivity contribution in [2.75, 3.05) is 0 Å². The molecule has 0 unspecified atom stereocenters. The molecular weight excluding hydrogens is 360 g/mol. The van der Waals surface area contributed by atoms with Crippen molar-refractivity contribution in [3.63, 3.8) is 0 Å². The highest BCUT2D eigenvalue weighted by molar-refractivity contribution is 9.10. The van der Waals surface area contributed by atoms with Crippen LogP contribution in [0.1, 0.15) is 18.4 Å². The number of nitrogens with zero attached hydrogens (tertiary/aromatic N) is 2. The Morgan fingerprint density at radius 1 is 1.13 bits per heavy atom. The fraction of sp³-hybridized carbons (Fsp3) is 0.353. The summed E-state index contributed by atoms with van der Waals surface area (Å²) < 4.78 is 0.784. The summed E-state index contributed by atoms with van der Waals surface area (Å²) in [5.41, 5.74) is 0.455. The number of phenols is 1. The summed E-state index contributed by atoms with van der Waals surface area (Å²) in [6.45, 7) is 0. The number of hydrazone groups is 1. The van der Waals surface area contributed by atoms with E-state index in [-0.39, 0.29) is 41.2 Å². The van der Waals surface area contributed by atoms with Crippen LogP contribution in [0.4, 0.5) is 0 Å². The summed E-state index contributed by atoms with van der Waals surface area (Å²) in [5, 5.41) is 14.9. The van der Waals surface area contributed by atoms with E-state index in [2.05, 4.69) is 33.2 Å². The number of fused-ring (bicyclic) bond motifs is 1. The molecule has 1 saturated carbocycles. The van der Waals surface area contributed by atoms with Gasteiger partial charge in [0.1, 0.15) is 5.75 Å². The van der Waals surface area contributed by atoms with E-state index in [0.717, 1.165) is 22.3 Å². The maximum absolute atomic E-state index is 12.6. The van der Waals surface area contributed by atoms with Crippen LogP contribution in [0.15, 0.2) is 39.9 Å². The molecular formula is C17H15BrN2O3. The number of amides is 2. The number of aromatic hydroxyl groups is 1. The Morgan fingerprint density at radius 3 is 2.30 bits per heavy atom. The number of benzene rings is 1. The van der Waals surface area contributed by atoms with Crippen molar-refractivity contribution in [1.29, 1.82) is 0 Å². The third kappa shape index (κ3) is 2.24. The van der Waals surface area contributed by atoms with E-state index < -0.39 is 0 Å². The zero-order chi connectivity index (χ0) is 16.1. The summed E-state index contributed by atoms with van der Waals surface area (Å²) in [5.74, 6) is -0.606. The number of imide groups is 1. The van der Waals surface area contributed by atoms with Gasteiger partial charge in [-0.3, -0.25) is 9.59 Å². The van der Waals surface area contributed by atoms with Gasteiger partial charge < -0.3 is 5.11 Å². The van der Waals surface area contributed by atoms with Gasteiger partial charge in [0.2, 0.25) is 0 Å². The number of carbonyl (C=O) groups excluding carboxylic acids is 2. The quantitative estimate of drug-likeness (QED) is 0.491. The number of phenolic OH excluding ortho intramolecular Hbond substituents is 1. The zero-order valence-electron chi connectivity index (χ0n) is 12.2. The zero-order valence-corrected chi connectivity index (χ0v) is 13.8. The molecule has 1 heterocycles. The molecule has 118 valence electrons. The first kappa shape index (κ1) is 14.6. The Morgan fingerprint density at radius 2 is 1.74 bits per heavy atom. The standard InChI is InChI=1S/C17H15BrN2O3/c18-12-5-6-13(21)11(7-12)8-19-20-16(22)14-9-1-2-10(4-3-9)15(14)17(20)23/h1-2,5-10,14-15,21H,3-4H2/b19-8-/t9-,10+,14-,15-/m0/s1. The first-order valence-corrected chi connectivity index (χ1v) is 8.44. The average molecular weight is 375 g/mol. The topological polar surface area (TPSA) is 70.0 Å². The van der Waals surface area contributed by atoms with Crippen molar-refractivity contribution in [3.05, 3.63) is 40.4 Å². The molecule has 2 bridgehead atoms. The molecule has 1 aromatic rings. The fourth-order valence-corrected chi connectivity index (χ4v) is 4.30. The van der Waals surface area contributed by atoms with E-state index in [1.807, 2.05) is 0 Å². The molecule has 3 aliphatic carbocycles. The molecule has 0 aromatic heterocycles. The third-order valence-electron chi connectivity index (χ3n) is 5.04. The Balaban J connectivity index is 1.63. The van der Waals surface area contributed by atoms with E-state index in [4.69, 9.17) is 0 Å². The fourth-order valence-electron chi connectivity index (χ4n) is 3.92. The van der Waals surface area contributed by atoms with E-state index in [1.54, 1.807) is 12.1 Å². The molecule has 0 radical (unpaired) electrons. The van der Waals surface area contributed by atoms with Crippen molar-refractivity contribution >= 4 is 34.0 Å². The van der Waals surface area contributed by atoms with Crippen LogP contribution < -0.4 is 0 Å². The van der Waals surface area contributed by atoms with Gasteiger partial charge in [-0.2, -0.15) is 10.1 Å². The molecule has 0 spiro atoms. The van der Waals surface area contributed by atoms with Crippen LogP contribution >= 0.6 is 15.9 Å². The molecule has 4 aliphatic rings. The molecule has 23 heavy (non-hydrogen) atoms. The maximum Gasteiger partial charge on any atom is 0.254 e. The normalized spacial score (nSPS) is 32.1. The third-order valence-corrected chi connectivity index (χ3v) is 5.53. The first-order chi connectivity index (χ1) is 11.1. The average Bonchev–Trinajstić information content (AvgIpc) is 2.83. The molecule has 1 aliphatic heterocycles. The molecule has 5 rings (SSSR count). The highest BCUT2D eigenvalue weighted by Gasteiger charge is 2.56. The van der Waals surface area contributed by atoms with Crippen LogP contribution in [-0.4, -0.2) is 28.1 Å². The largest absolute Gasteiger partial charge is 0.507 e. The van der Waals surface area contributed by atoms with E-state index in [0.29, 0.717) is 5.56 Å². The molecule has 1 aromatic carbocycles. The highest BCUT2D eigenvalue weighted by Crippen LogP contribution is 2.49. The Hall–Kier alpha value is -1.95. The van der Waals surface area contributed by atoms with Crippen molar-refractivity contribution in [2.45, 2.75) is 12.8 Å². The lowest BCUT2D eigenvalue weighted by atomic mass is 9.63. The Kier molecular flexibility index (Phi) is 3.37. The number of hydrogen-bond acceptors (Lipinski definition) is 4. The van der Waals surface area contributed by atoms with Crippen molar-refractivity contribution in [1.82, 2.24) is 5.01 Å². The van der Waals surface area contributed by atoms with Gasteiger partial charge in [-0.15, -0.1) is 0 Å². The predicted molar refractivity (Wildman–Crippen MR) is 87.6 cm³/mol. The molecule has 2 fully saturated rings. The van der Waals surface area contributed by atoms with Crippen LogP contribution in [-0.2, 0) is 9.59 Å². The maximum atomic E-state index is 12.6. The molecule has 2 amide bonds. The summed E-state index contributed by atoms with van der Waals surface area (Å²) in [4.78, 5) is 25.2. The summed E-state index contributed by atoms with van der Waals surface area (Å²) >= 11 is 3.32. The number of carbonyl (C=O) groups is 2. The molecule has 5 nitrogen and oxygen atoms in total. The van der Waals surface area contributed by atoms with Crippen LogP contribution in [0.2, 0.25) is 0 Å². The van der Waals surface area contributed by atoms with E-state index in [9.17, 15) is 14.7 Å². The second-order valence-corrected chi connectivity index (χ2v) is 7.19. The number of rotatable bonds is 2. The van der Waals surface area contributed by atoms with Gasteiger partial charge in [-0.1, -0.05) is 28.1 Å². The number of hydrogen-bond donors (Lipinski definition) is 1. The summed E-state index contributed by atoms with van der Waals surface area (Å²) in [6.07, 6.45) is 7.45. The van der Waals surface area contributed by atoms with Crippen molar-refractivity contribution in [3.8, 4) is 5.75 Å². The Labute approximate surface area is 141 Å². The van der Waals surface area contributed by atoms with E-state index in [1.165, 1.54) is 12.3 Å². The minimum atomic E-state index is -0.264. The molecule has 1 N–H and O–H groups in total. The lowest BCUT2D eigenvalue weighted by Crippen LogP contribution is -2.38. The van der Waals surface area contributed by atoms with Gasteiger partial charge in [0.05, 0.1) is 18.1 Å². The van der Waals surface area contributed by atoms with Gasteiger partial charge in [0.15, 0.2) is 0 Å². The molecule has 4 atom stereocenters. The lowest BCUT2D eigenvalue weighted by molar-refractivity contribution is -0.140. The molecule has 6 heteroatoms. The monoisotopic (exact) mass is 374 g/mol. The highest BCUT2D eigenvalue weighted by atomic mass is 79.9. The SMILES string of the molecule is O=C1[C@@H]2[C@@H](C(=O)N1/N=C\c1cc(Br)ccc1O)[C@H]1C=C[C@@H]2CC1. The van der Waals surface area contributed by atoms with Gasteiger partial charge in [0, 0.05) is 10.0 Å². The van der Waals surface area contributed by atoms with Crippen LogP contribution in [0.25, 0.3) is 0 Å². The van der Waals surface area contributed by atoms with Crippen molar-refractivity contribution in [2.24, 2.45) is 28.8 Å². The second-order valence-electron chi connectivity index (χ2n) is 6.28. The minimum absolute atomic E-state index is 0.0511. The number of allylic oxidation sites excluding steroid dienone is 2. The van der Waals surface area contributed by atoms with Crippen LogP contribution in [0.3, 0.4) is 0 Å². The smallest absolute Gasteiger partial charge is 0.254 e. The van der Waals surface area contributed by atoms with Gasteiger partial charge in [-0.25, -0.2) is 0 Å². The minimum Gasteiger partial charge on any atom is -0.507 e. The predicted octanol–water partition coefficient (Wildman–Crippen LogP) is 2.69.